The first-order valence-corrected chi connectivity index (χ1v) is 8.08. The Morgan fingerprint density at radius 1 is 1.04 bits per heavy atom. The number of hydrogen-bond acceptors (Lipinski definition) is 4. The molecule has 2 heterocycles. The van der Waals surface area contributed by atoms with Crippen LogP contribution in [-0.4, -0.2) is 43.1 Å². The third-order valence-electron chi connectivity index (χ3n) is 4.45. The lowest BCUT2D eigenvalue weighted by atomic mass is 10.0. The molecule has 0 N–H and O–H groups in total. The summed E-state index contributed by atoms with van der Waals surface area (Å²) in [6, 6.07) is 7.76. The molecule has 0 spiro atoms. The zero-order chi connectivity index (χ0) is 17.1. The highest BCUT2D eigenvalue weighted by molar-refractivity contribution is 5.94. The van der Waals surface area contributed by atoms with Crippen LogP contribution in [0.4, 0.5) is 0 Å². The van der Waals surface area contributed by atoms with Crippen molar-refractivity contribution >= 4 is 5.91 Å². The minimum Gasteiger partial charge on any atom is -0.493 e. The standard InChI is InChI=1S/C19H22N2O3/c1-13-4-5-16(12-20-13)19(22)21-8-6-14-10-17(23-2)18(24-3)11-15(14)7-9-21/h4-5,10-12H,6-9H2,1-3H3. The Kier molecular flexibility index (Phi) is 4.69. The van der Waals surface area contributed by atoms with Crippen molar-refractivity contribution in [1.82, 2.24) is 9.88 Å². The van der Waals surface area contributed by atoms with E-state index in [-0.39, 0.29) is 5.91 Å². The molecule has 0 bridgehead atoms. The van der Waals surface area contributed by atoms with Crippen molar-refractivity contribution in [3.05, 3.63) is 52.8 Å². The first-order valence-electron chi connectivity index (χ1n) is 8.08. The molecule has 0 unspecified atom stereocenters. The van der Waals surface area contributed by atoms with Gasteiger partial charge in [-0.05, 0) is 55.2 Å². The van der Waals surface area contributed by atoms with E-state index in [9.17, 15) is 4.79 Å². The monoisotopic (exact) mass is 326 g/mol. The number of carbonyl (C=O) groups excluding carboxylic acids is 1. The summed E-state index contributed by atoms with van der Waals surface area (Å²) in [5.41, 5.74) is 3.98. The molecule has 2 aromatic rings. The summed E-state index contributed by atoms with van der Waals surface area (Å²) in [4.78, 5) is 18.8. The van der Waals surface area contributed by atoms with Crippen LogP contribution in [0.3, 0.4) is 0 Å². The van der Waals surface area contributed by atoms with Gasteiger partial charge in [-0.25, -0.2) is 0 Å². The van der Waals surface area contributed by atoms with E-state index in [1.165, 1.54) is 11.1 Å². The van der Waals surface area contributed by atoms with Gasteiger partial charge in [0.25, 0.3) is 5.91 Å². The van der Waals surface area contributed by atoms with Crippen molar-refractivity contribution in [2.24, 2.45) is 0 Å². The number of nitrogens with zero attached hydrogens (tertiary/aromatic N) is 2. The number of pyridine rings is 1. The number of carbonyl (C=O) groups is 1. The van der Waals surface area contributed by atoms with Gasteiger partial charge in [-0.1, -0.05) is 0 Å². The van der Waals surface area contributed by atoms with Gasteiger partial charge in [0.05, 0.1) is 19.8 Å². The quantitative estimate of drug-likeness (QED) is 0.870. The normalized spacial score (nSPS) is 13.9. The van der Waals surface area contributed by atoms with Crippen LogP contribution in [0.15, 0.2) is 30.5 Å². The Morgan fingerprint density at radius 3 is 2.08 bits per heavy atom. The van der Waals surface area contributed by atoms with E-state index >= 15 is 0 Å². The van der Waals surface area contributed by atoms with Crippen molar-refractivity contribution in [1.29, 1.82) is 0 Å². The minimum atomic E-state index is 0.0363. The minimum absolute atomic E-state index is 0.0363. The predicted octanol–water partition coefficient (Wildman–Crippen LogP) is 2.65. The first-order chi connectivity index (χ1) is 11.6. The van der Waals surface area contributed by atoms with Crippen molar-refractivity contribution in [2.75, 3.05) is 27.3 Å². The zero-order valence-corrected chi connectivity index (χ0v) is 14.3. The van der Waals surface area contributed by atoms with Crippen molar-refractivity contribution in [3.8, 4) is 11.5 Å². The number of rotatable bonds is 3. The lowest BCUT2D eigenvalue weighted by Gasteiger charge is -2.20. The molecule has 1 aliphatic rings. The van der Waals surface area contributed by atoms with Crippen LogP contribution < -0.4 is 9.47 Å². The van der Waals surface area contributed by atoms with Crippen molar-refractivity contribution in [2.45, 2.75) is 19.8 Å². The maximum atomic E-state index is 12.7. The maximum Gasteiger partial charge on any atom is 0.255 e. The summed E-state index contributed by atoms with van der Waals surface area (Å²) in [6.45, 7) is 3.29. The van der Waals surface area contributed by atoms with E-state index in [2.05, 4.69) is 4.98 Å². The fourth-order valence-corrected chi connectivity index (χ4v) is 3.03. The van der Waals surface area contributed by atoms with Crippen LogP contribution in [0.5, 0.6) is 11.5 Å². The fourth-order valence-electron chi connectivity index (χ4n) is 3.03. The molecule has 1 aromatic carbocycles. The fraction of sp³-hybridized carbons (Fsp3) is 0.368. The molecule has 0 saturated heterocycles. The third-order valence-corrected chi connectivity index (χ3v) is 4.45. The Bertz CT molecular complexity index is 706. The number of aromatic nitrogens is 1. The smallest absolute Gasteiger partial charge is 0.255 e. The molecule has 0 radical (unpaired) electrons. The van der Waals surface area contributed by atoms with E-state index in [1.807, 2.05) is 36.1 Å². The molecular formula is C19H22N2O3. The maximum absolute atomic E-state index is 12.7. The first kappa shape index (κ1) is 16.3. The molecule has 5 heteroatoms. The number of methoxy groups -OCH3 is 2. The Hall–Kier alpha value is -2.56. The van der Waals surface area contributed by atoms with Gasteiger partial charge in [0, 0.05) is 25.0 Å². The number of fused-ring (bicyclic) bond motifs is 1. The topological polar surface area (TPSA) is 51.7 Å². The second-order valence-corrected chi connectivity index (χ2v) is 5.96. The largest absolute Gasteiger partial charge is 0.493 e. The van der Waals surface area contributed by atoms with Gasteiger partial charge in [0.15, 0.2) is 11.5 Å². The van der Waals surface area contributed by atoms with Crippen LogP contribution in [0, 0.1) is 6.92 Å². The predicted molar refractivity (Wildman–Crippen MR) is 91.8 cm³/mol. The summed E-state index contributed by atoms with van der Waals surface area (Å²) >= 11 is 0. The van der Waals surface area contributed by atoms with Crippen molar-refractivity contribution in [3.63, 3.8) is 0 Å². The van der Waals surface area contributed by atoms with E-state index in [1.54, 1.807) is 20.4 Å². The summed E-state index contributed by atoms with van der Waals surface area (Å²) < 4.78 is 10.8. The second-order valence-electron chi connectivity index (χ2n) is 5.96. The summed E-state index contributed by atoms with van der Waals surface area (Å²) in [5.74, 6) is 1.51. The van der Waals surface area contributed by atoms with Gasteiger partial charge in [-0.3, -0.25) is 9.78 Å². The van der Waals surface area contributed by atoms with Crippen LogP contribution >= 0.6 is 0 Å². The number of aryl methyl sites for hydroxylation is 1. The van der Waals surface area contributed by atoms with Gasteiger partial charge in [-0.2, -0.15) is 0 Å². The zero-order valence-electron chi connectivity index (χ0n) is 14.3. The molecule has 0 aliphatic carbocycles. The highest BCUT2D eigenvalue weighted by Crippen LogP contribution is 2.32. The lowest BCUT2D eigenvalue weighted by molar-refractivity contribution is 0.0762. The number of ether oxygens (including phenoxy) is 2. The van der Waals surface area contributed by atoms with Gasteiger partial charge in [-0.15, -0.1) is 0 Å². The molecule has 3 rings (SSSR count). The molecular weight excluding hydrogens is 304 g/mol. The Labute approximate surface area is 142 Å². The molecule has 24 heavy (non-hydrogen) atoms. The summed E-state index contributed by atoms with van der Waals surface area (Å²) in [7, 11) is 3.28. The van der Waals surface area contributed by atoms with E-state index in [0.29, 0.717) is 18.7 Å². The van der Waals surface area contributed by atoms with Gasteiger partial charge in [0.2, 0.25) is 0 Å². The van der Waals surface area contributed by atoms with Crippen LogP contribution in [0.1, 0.15) is 27.2 Å². The summed E-state index contributed by atoms with van der Waals surface area (Å²) in [5, 5.41) is 0. The lowest BCUT2D eigenvalue weighted by Crippen LogP contribution is -2.33. The van der Waals surface area contributed by atoms with E-state index < -0.39 is 0 Å². The van der Waals surface area contributed by atoms with Crippen LogP contribution in [0.2, 0.25) is 0 Å². The second kappa shape index (κ2) is 6.91. The SMILES string of the molecule is COc1cc2c(cc1OC)CCN(C(=O)c1ccc(C)nc1)CC2. The Balaban J connectivity index is 1.80. The molecule has 0 atom stereocenters. The summed E-state index contributed by atoms with van der Waals surface area (Å²) in [6.07, 6.45) is 3.27. The molecule has 1 aromatic heterocycles. The van der Waals surface area contributed by atoms with Crippen molar-refractivity contribution < 1.29 is 14.3 Å². The molecule has 0 fully saturated rings. The average molecular weight is 326 g/mol. The van der Waals surface area contributed by atoms with E-state index in [4.69, 9.17) is 9.47 Å². The molecule has 1 aliphatic heterocycles. The van der Waals surface area contributed by atoms with Gasteiger partial charge >= 0.3 is 0 Å². The van der Waals surface area contributed by atoms with Gasteiger partial charge in [0.1, 0.15) is 0 Å². The van der Waals surface area contributed by atoms with Gasteiger partial charge < -0.3 is 14.4 Å². The number of amides is 1. The third kappa shape index (κ3) is 3.20. The molecule has 126 valence electrons. The van der Waals surface area contributed by atoms with Crippen LogP contribution in [0.25, 0.3) is 0 Å². The molecule has 0 saturated carbocycles. The number of benzene rings is 1. The molecule has 1 amide bonds. The molecule has 5 nitrogen and oxygen atoms in total. The highest BCUT2D eigenvalue weighted by atomic mass is 16.5. The average Bonchev–Trinajstić information content (AvgIpc) is 2.82. The Morgan fingerprint density at radius 2 is 1.62 bits per heavy atom. The van der Waals surface area contributed by atoms with E-state index in [0.717, 1.165) is 30.0 Å². The van der Waals surface area contributed by atoms with Crippen LogP contribution in [-0.2, 0) is 12.8 Å². The highest BCUT2D eigenvalue weighted by Gasteiger charge is 2.21. The number of hydrogen-bond donors (Lipinski definition) is 0.